The molecule has 1 aliphatic heterocycles. The summed E-state index contributed by atoms with van der Waals surface area (Å²) < 4.78 is 10.9. The lowest BCUT2D eigenvalue weighted by Crippen LogP contribution is -2.39. The number of rotatable bonds is 6. The number of likely N-dealkylation sites (N-methyl/N-ethyl adjacent to an activating group) is 1. The summed E-state index contributed by atoms with van der Waals surface area (Å²) in [5.41, 5.74) is 2.30. The number of aryl methyl sites for hydroxylation is 1. The molecule has 1 heterocycles. The average molecular weight is 278 g/mol. The van der Waals surface area contributed by atoms with Crippen molar-refractivity contribution in [1.29, 1.82) is 0 Å². The van der Waals surface area contributed by atoms with Crippen molar-refractivity contribution < 1.29 is 9.47 Å². The standard InChI is InChI=1S/C16H26N2O2/c1-13-6-7-15(16(11-13)20-10-9-19-3)17-14-5-4-8-18(2)12-14/h6-7,11,14,17H,4-5,8-10,12H2,1-3H3. The average Bonchev–Trinajstić information content (AvgIpc) is 2.42. The van der Waals surface area contributed by atoms with Crippen LogP contribution in [0.15, 0.2) is 18.2 Å². The Bertz CT molecular complexity index is 423. The van der Waals surface area contributed by atoms with Gasteiger partial charge in [0.25, 0.3) is 0 Å². The van der Waals surface area contributed by atoms with Gasteiger partial charge in [0, 0.05) is 19.7 Å². The molecule has 112 valence electrons. The molecule has 1 atom stereocenters. The predicted octanol–water partition coefficient (Wildman–Crippen LogP) is 2.53. The Labute approximate surface area is 122 Å². The lowest BCUT2D eigenvalue weighted by Gasteiger charge is -2.31. The van der Waals surface area contributed by atoms with Gasteiger partial charge in [-0.2, -0.15) is 0 Å². The van der Waals surface area contributed by atoms with Gasteiger partial charge in [0.15, 0.2) is 0 Å². The number of methoxy groups -OCH3 is 1. The molecule has 1 N–H and O–H groups in total. The van der Waals surface area contributed by atoms with Crippen molar-refractivity contribution in [1.82, 2.24) is 4.90 Å². The number of nitrogens with zero attached hydrogens (tertiary/aromatic N) is 1. The number of benzene rings is 1. The molecule has 1 saturated heterocycles. The first kappa shape index (κ1) is 15.1. The van der Waals surface area contributed by atoms with Gasteiger partial charge in [-0.15, -0.1) is 0 Å². The molecule has 0 aromatic heterocycles. The fourth-order valence-corrected chi connectivity index (χ4v) is 2.61. The Morgan fingerprint density at radius 3 is 2.95 bits per heavy atom. The van der Waals surface area contributed by atoms with Crippen LogP contribution >= 0.6 is 0 Å². The summed E-state index contributed by atoms with van der Waals surface area (Å²) in [4.78, 5) is 2.38. The summed E-state index contributed by atoms with van der Waals surface area (Å²) in [6, 6.07) is 6.83. The van der Waals surface area contributed by atoms with E-state index >= 15 is 0 Å². The van der Waals surface area contributed by atoms with Crippen LogP contribution in [-0.2, 0) is 4.74 Å². The minimum atomic E-state index is 0.501. The van der Waals surface area contributed by atoms with E-state index in [1.165, 1.54) is 24.9 Å². The van der Waals surface area contributed by atoms with E-state index in [-0.39, 0.29) is 0 Å². The number of nitrogens with one attached hydrogen (secondary N) is 1. The number of ether oxygens (including phenoxy) is 2. The van der Waals surface area contributed by atoms with Gasteiger partial charge in [-0.05, 0) is 51.1 Å². The molecule has 2 rings (SSSR count). The second-order valence-electron chi connectivity index (χ2n) is 5.59. The van der Waals surface area contributed by atoms with Gasteiger partial charge < -0.3 is 19.7 Å². The summed E-state index contributed by atoms with van der Waals surface area (Å²) in [7, 11) is 3.87. The Hall–Kier alpha value is -1.26. The van der Waals surface area contributed by atoms with Gasteiger partial charge in [0.2, 0.25) is 0 Å². The van der Waals surface area contributed by atoms with Crippen LogP contribution in [0, 0.1) is 6.92 Å². The maximum atomic E-state index is 5.83. The zero-order chi connectivity index (χ0) is 14.4. The van der Waals surface area contributed by atoms with Crippen molar-refractivity contribution in [3.8, 4) is 5.75 Å². The summed E-state index contributed by atoms with van der Waals surface area (Å²) in [6.45, 7) is 5.56. The largest absolute Gasteiger partial charge is 0.489 e. The van der Waals surface area contributed by atoms with E-state index in [0.717, 1.165) is 18.0 Å². The van der Waals surface area contributed by atoms with E-state index in [1.807, 2.05) is 0 Å². The predicted molar refractivity (Wildman–Crippen MR) is 82.7 cm³/mol. The minimum Gasteiger partial charge on any atom is -0.489 e. The van der Waals surface area contributed by atoms with Crippen LogP contribution in [0.2, 0.25) is 0 Å². The molecule has 0 bridgehead atoms. The minimum absolute atomic E-state index is 0.501. The van der Waals surface area contributed by atoms with E-state index in [2.05, 4.69) is 42.4 Å². The fraction of sp³-hybridized carbons (Fsp3) is 0.625. The van der Waals surface area contributed by atoms with Crippen LogP contribution in [0.5, 0.6) is 5.75 Å². The fourth-order valence-electron chi connectivity index (χ4n) is 2.61. The molecular formula is C16H26N2O2. The first-order valence-electron chi connectivity index (χ1n) is 7.36. The summed E-state index contributed by atoms with van der Waals surface area (Å²) in [5.74, 6) is 0.926. The lowest BCUT2D eigenvalue weighted by molar-refractivity contribution is 0.146. The molecule has 0 amide bonds. The topological polar surface area (TPSA) is 33.7 Å². The highest BCUT2D eigenvalue weighted by molar-refractivity contribution is 5.58. The van der Waals surface area contributed by atoms with Gasteiger partial charge in [-0.25, -0.2) is 0 Å². The number of hydrogen-bond donors (Lipinski definition) is 1. The van der Waals surface area contributed by atoms with Crippen LogP contribution in [0.3, 0.4) is 0 Å². The molecule has 1 aromatic rings. The normalized spacial score (nSPS) is 19.9. The molecule has 1 aliphatic rings. The van der Waals surface area contributed by atoms with Gasteiger partial charge in [-0.3, -0.25) is 0 Å². The Morgan fingerprint density at radius 2 is 2.20 bits per heavy atom. The summed E-state index contributed by atoms with van der Waals surface area (Å²) >= 11 is 0. The SMILES string of the molecule is COCCOc1cc(C)ccc1NC1CCCN(C)C1. The number of piperidine rings is 1. The molecule has 0 saturated carbocycles. The Morgan fingerprint density at radius 1 is 1.35 bits per heavy atom. The monoisotopic (exact) mass is 278 g/mol. The zero-order valence-electron chi connectivity index (χ0n) is 12.8. The molecule has 1 aromatic carbocycles. The third kappa shape index (κ3) is 4.39. The number of hydrogen-bond acceptors (Lipinski definition) is 4. The highest BCUT2D eigenvalue weighted by Crippen LogP contribution is 2.27. The molecule has 0 spiro atoms. The van der Waals surface area contributed by atoms with Crippen LogP contribution in [0.25, 0.3) is 0 Å². The third-order valence-electron chi connectivity index (χ3n) is 3.67. The van der Waals surface area contributed by atoms with Crippen molar-refractivity contribution in [2.75, 3.05) is 45.8 Å². The molecule has 4 nitrogen and oxygen atoms in total. The van der Waals surface area contributed by atoms with Crippen LogP contribution in [-0.4, -0.2) is 51.4 Å². The Kier molecular flexibility index (Phi) is 5.68. The number of anilines is 1. The summed E-state index contributed by atoms with van der Waals surface area (Å²) in [6.07, 6.45) is 2.47. The molecule has 0 radical (unpaired) electrons. The first-order chi connectivity index (χ1) is 9.69. The number of likely N-dealkylation sites (tertiary alicyclic amines) is 1. The van der Waals surface area contributed by atoms with Gasteiger partial charge in [-0.1, -0.05) is 6.07 Å². The first-order valence-corrected chi connectivity index (χ1v) is 7.36. The zero-order valence-corrected chi connectivity index (χ0v) is 12.8. The molecule has 0 aliphatic carbocycles. The Balaban J connectivity index is 2.01. The lowest BCUT2D eigenvalue weighted by atomic mass is 10.1. The maximum absolute atomic E-state index is 5.83. The van der Waals surface area contributed by atoms with Crippen molar-refractivity contribution in [3.63, 3.8) is 0 Å². The van der Waals surface area contributed by atoms with E-state index < -0.39 is 0 Å². The third-order valence-corrected chi connectivity index (χ3v) is 3.67. The molecule has 1 unspecified atom stereocenters. The quantitative estimate of drug-likeness (QED) is 0.811. The van der Waals surface area contributed by atoms with Crippen molar-refractivity contribution >= 4 is 5.69 Å². The highest BCUT2D eigenvalue weighted by atomic mass is 16.5. The van der Waals surface area contributed by atoms with Crippen LogP contribution in [0.4, 0.5) is 5.69 Å². The van der Waals surface area contributed by atoms with Crippen molar-refractivity contribution in [2.45, 2.75) is 25.8 Å². The van der Waals surface area contributed by atoms with E-state index in [1.54, 1.807) is 7.11 Å². The van der Waals surface area contributed by atoms with E-state index in [9.17, 15) is 0 Å². The molecule has 1 fully saturated rings. The van der Waals surface area contributed by atoms with Crippen molar-refractivity contribution in [2.24, 2.45) is 0 Å². The molecule has 4 heteroatoms. The van der Waals surface area contributed by atoms with Crippen molar-refractivity contribution in [3.05, 3.63) is 23.8 Å². The van der Waals surface area contributed by atoms with Crippen LogP contribution < -0.4 is 10.1 Å². The van der Waals surface area contributed by atoms with Gasteiger partial charge >= 0.3 is 0 Å². The highest BCUT2D eigenvalue weighted by Gasteiger charge is 2.18. The van der Waals surface area contributed by atoms with E-state index in [4.69, 9.17) is 9.47 Å². The van der Waals surface area contributed by atoms with Crippen LogP contribution in [0.1, 0.15) is 18.4 Å². The smallest absolute Gasteiger partial charge is 0.142 e. The summed E-state index contributed by atoms with van der Waals surface area (Å²) in [5, 5.41) is 3.63. The molecular weight excluding hydrogens is 252 g/mol. The van der Waals surface area contributed by atoms with E-state index in [0.29, 0.717) is 19.3 Å². The van der Waals surface area contributed by atoms with Gasteiger partial charge in [0.05, 0.1) is 12.3 Å². The second kappa shape index (κ2) is 7.50. The second-order valence-corrected chi connectivity index (χ2v) is 5.59. The molecule has 20 heavy (non-hydrogen) atoms. The van der Waals surface area contributed by atoms with Gasteiger partial charge in [0.1, 0.15) is 12.4 Å². The maximum Gasteiger partial charge on any atom is 0.142 e.